The Morgan fingerprint density at radius 1 is 1.50 bits per heavy atom. The summed E-state index contributed by atoms with van der Waals surface area (Å²) in [5, 5.41) is 3.97. The van der Waals surface area contributed by atoms with Gasteiger partial charge in [-0.25, -0.2) is 4.98 Å². The van der Waals surface area contributed by atoms with Gasteiger partial charge >= 0.3 is 0 Å². The molecular formula is C10H11BrN4O. The Morgan fingerprint density at radius 3 is 2.88 bits per heavy atom. The summed E-state index contributed by atoms with van der Waals surface area (Å²) >= 11 is 3.37. The maximum atomic E-state index is 11.8. The Bertz CT molecular complexity index is 572. The lowest BCUT2D eigenvalue weighted by atomic mass is 10.3. The van der Waals surface area contributed by atoms with Crippen molar-refractivity contribution in [3.8, 4) is 0 Å². The van der Waals surface area contributed by atoms with Crippen LogP contribution in [0, 0.1) is 6.92 Å². The van der Waals surface area contributed by atoms with Gasteiger partial charge in [0.05, 0.1) is 6.54 Å². The van der Waals surface area contributed by atoms with Crippen LogP contribution >= 0.6 is 15.9 Å². The lowest BCUT2D eigenvalue weighted by Gasteiger charge is -2.06. The fourth-order valence-corrected chi connectivity index (χ4v) is 2.06. The van der Waals surface area contributed by atoms with Gasteiger partial charge in [0.25, 0.3) is 5.56 Å². The van der Waals surface area contributed by atoms with Crippen molar-refractivity contribution in [2.75, 3.05) is 0 Å². The SMILES string of the molecule is Cc1cc(Br)cn(Cc2ncnn2C)c1=O. The summed E-state index contributed by atoms with van der Waals surface area (Å²) in [4.78, 5) is 15.9. The van der Waals surface area contributed by atoms with Gasteiger partial charge in [-0.1, -0.05) is 0 Å². The third-order valence-electron chi connectivity index (χ3n) is 2.35. The molecule has 0 saturated heterocycles. The minimum atomic E-state index is -0.00815. The fraction of sp³-hybridized carbons (Fsp3) is 0.300. The molecule has 2 aromatic heterocycles. The van der Waals surface area contributed by atoms with E-state index in [-0.39, 0.29) is 5.56 Å². The number of aryl methyl sites for hydroxylation is 2. The summed E-state index contributed by atoms with van der Waals surface area (Å²) in [6.07, 6.45) is 3.23. The molecule has 0 N–H and O–H groups in total. The van der Waals surface area contributed by atoms with Gasteiger partial charge in [-0.05, 0) is 28.9 Å². The molecule has 0 aromatic carbocycles. The number of aromatic nitrogens is 4. The molecular weight excluding hydrogens is 272 g/mol. The summed E-state index contributed by atoms with van der Waals surface area (Å²) in [5.41, 5.74) is 0.697. The second-order valence-electron chi connectivity index (χ2n) is 3.57. The third-order valence-corrected chi connectivity index (χ3v) is 2.78. The number of hydrogen-bond acceptors (Lipinski definition) is 3. The molecule has 0 saturated carbocycles. The van der Waals surface area contributed by atoms with E-state index < -0.39 is 0 Å². The largest absolute Gasteiger partial charge is 0.307 e. The Kier molecular flexibility index (Phi) is 2.91. The molecule has 0 radical (unpaired) electrons. The highest BCUT2D eigenvalue weighted by atomic mass is 79.9. The van der Waals surface area contributed by atoms with Crippen molar-refractivity contribution in [2.24, 2.45) is 7.05 Å². The zero-order valence-electron chi connectivity index (χ0n) is 9.01. The molecule has 2 heterocycles. The molecule has 0 spiro atoms. The molecule has 0 aliphatic rings. The maximum Gasteiger partial charge on any atom is 0.253 e. The molecule has 84 valence electrons. The van der Waals surface area contributed by atoms with Gasteiger partial charge in [0.2, 0.25) is 0 Å². The number of hydrogen-bond donors (Lipinski definition) is 0. The van der Waals surface area contributed by atoms with Gasteiger partial charge in [0.1, 0.15) is 12.2 Å². The maximum absolute atomic E-state index is 11.8. The normalized spacial score (nSPS) is 10.7. The van der Waals surface area contributed by atoms with Crippen molar-refractivity contribution < 1.29 is 0 Å². The van der Waals surface area contributed by atoms with Crippen LogP contribution in [0.15, 0.2) is 27.9 Å². The van der Waals surface area contributed by atoms with Crippen LogP contribution < -0.4 is 5.56 Å². The van der Waals surface area contributed by atoms with Gasteiger partial charge in [-0.2, -0.15) is 5.10 Å². The first-order chi connectivity index (χ1) is 7.58. The van der Waals surface area contributed by atoms with E-state index in [1.807, 2.05) is 0 Å². The summed E-state index contributed by atoms with van der Waals surface area (Å²) in [6.45, 7) is 2.22. The van der Waals surface area contributed by atoms with Crippen molar-refractivity contribution in [2.45, 2.75) is 13.5 Å². The van der Waals surface area contributed by atoms with E-state index in [0.29, 0.717) is 12.1 Å². The smallest absolute Gasteiger partial charge is 0.253 e. The van der Waals surface area contributed by atoms with Crippen LogP contribution in [0.1, 0.15) is 11.4 Å². The van der Waals surface area contributed by atoms with Crippen molar-refractivity contribution in [3.05, 3.63) is 44.8 Å². The van der Waals surface area contributed by atoms with Crippen molar-refractivity contribution in [1.82, 2.24) is 19.3 Å². The van der Waals surface area contributed by atoms with Crippen LogP contribution in [0.5, 0.6) is 0 Å². The average Bonchev–Trinajstić information content (AvgIpc) is 2.60. The highest BCUT2D eigenvalue weighted by Crippen LogP contribution is 2.08. The van der Waals surface area contributed by atoms with Crippen molar-refractivity contribution >= 4 is 15.9 Å². The lowest BCUT2D eigenvalue weighted by Crippen LogP contribution is -2.23. The highest BCUT2D eigenvalue weighted by molar-refractivity contribution is 9.10. The monoisotopic (exact) mass is 282 g/mol. The molecule has 5 nitrogen and oxygen atoms in total. The Labute approximate surface area is 101 Å². The molecule has 0 fully saturated rings. The van der Waals surface area contributed by atoms with E-state index in [0.717, 1.165) is 10.3 Å². The molecule has 2 aromatic rings. The van der Waals surface area contributed by atoms with Crippen LogP contribution in [0.3, 0.4) is 0 Å². The van der Waals surface area contributed by atoms with E-state index in [1.165, 1.54) is 6.33 Å². The van der Waals surface area contributed by atoms with Crippen LogP contribution in [-0.4, -0.2) is 19.3 Å². The first-order valence-electron chi connectivity index (χ1n) is 4.77. The summed E-state index contributed by atoms with van der Waals surface area (Å²) < 4.78 is 4.15. The van der Waals surface area contributed by atoms with Gasteiger partial charge in [0, 0.05) is 23.3 Å². The van der Waals surface area contributed by atoms with Crippen LogP contribution in [0.4, 0.5) is 0 Å². The molecule has 0 unspecified atom stereocenters. The van der Waals surface area contributed by atoms with Gasteiger partial charge in [-0.15, -0.1) is 0 Å². The third kappa shape index (κ3) is 2.06. The number of halogens is 1. The zero-order chi connectivity index (χ0) is 11.7. The summed E-state index contributed by atoms with van der Waals surface area (Å²) in [5.74, 6) is 0.750. The van der Waals surface area contributed by atoms with E-state index in [1.54, 1.807) is 35.5 Å². The molecule has 0 aliphatic heterocycles. The van der Waals surface area contributed by atoms with E-state index in [2.05, 4.69) is 26.0 Å². The van der Waals surface area contributed by atoms with E-state index in [4.69, 9.17) is 0 Å². The highest BCUT2D eigenvalue weighted by Gasteiger charge is 2.06. The van der Waals surface area contributed by atoms with E-state index >= 15 is 0 Å². The van der Waals surface area contributed by atoms with Crippen LogP contribution in [0.2, 0.25) is 0 Å². The fourth-order valence-electron chi connectivity index (χ4n) is 1.47. The van der Waals surface area contributed by atoms with Crippen LogP contribution in [0.25, 0.3) is 0 Å². The first-order valence-corrected chi connectivity index (χ1v) is 5.56. The molecule has 0 atom stereocenters. The number of pyridine rings is 1. The van der Waals surface area contributed by atoms with Gasteiger partial charge in [-0.3, -0.25) is 9.48 Å². The topological polar surface area (TPSA) is 52.7 Å². The van der Waals surface area contributed by atoms with Crippen molar-refractivity contribution in [3.63, 3.8) is 0 Å². The Hall–Kier alpha value is -1.43. The minimum Gasteiger partial charge on any atom is -0.307 e. The second kappa shape index (κ2) is 4.21. The predicted molar refractivity (Wildman–Crippen MR) is 63.2 cm³/mol. The van der Waals surface area contributed by atoms with Gasteiger partial charge < -0.3 is 4.57 Å². The molecule has 2 rings (SSSR count). The summed E-state index contributed by atoms with van der Waals surface area (Å²) in [7, 11) is 1.80. The standard InChI is InChI=1S/C10H11BrN4O/c1-7-3-8(11)4-15(10(7)16)5-9-12-6-13-14(9)2/h3-4,6H,5H2,1-2H3. The molecule has 0 bridgehead atoms. The second-order valence-corrected chi connectivity index (χ2v) is 4.49. The Balaban J connectivity index is 2.43. The van der Waals surface area contributed by atoms with Gasteiger partial charge in [0.15, 0.2) is 0 Å². The molecule has 16 heavy (non-hydrogen) atoms. The minimum absolute atomic E-state index is 0.00815. The number of rotatable bonds is 2. The molecule has 0 aliphatic carbocycles. The summed E-state index contributed by atoms with van der Waals surface area (Å²) in [6, 6.07) is 1.80. The quantitative estimate of drug-likeness (QED) is 0.829. The predicted octanol–water partition coefficient (Wildman–Crippen LogP) is 1.10. The Morgan fingerprint density at radius 2 is 2.25 bits per heavy atom. The zero-order valence-corrected chi connectivity index (χ0v) is 10.6. The van der Waals surface area contributed by atoms with E-state index in [9.17, 15) is 4.79 Å². The first kappa shape index (κ1) is 11.1. The molecule has 6 heteroatoms. The van der Waals surface area contributed by atoms with Crippen LogP contribution in [-0.2, 0) is 13.6 Å². The average molecular weight is 283 g/mol. The number of nitrogens with zero attached hydrogens (tertiary/aromatic N) is 4. The molecule has 0 amide bonds. The lowest BCUT2D eigenvalue weighted by molar-refractivity contribution is 0.638. The van der Waals surface area contributed by atoms with Crippen molar-refractivity contribution in [1.29, 1.82) is 0 Å².